The summed E-state index contributed by atoms with van der Waals surface area (Å²) in [4.78, 5) is 5.51. The molecule has 1 aliphatic heterocycles. The first-order chi connectivity index (χ1) is 12.8. The van der Waals surface area contributed by atoms with Crippen LogP contribution in [0.4, 0.5) is 0 Å². The standard InChI is InChI=1S/C20H23N3O3/c1-24-23(13-15-9-11-25-12-10-15)14-19-21-22-20(26-19)18-8-4-6-16-5-2-3-7-17(16)18/h2-8,15H,9-14H2,1H3. The highest BCUT2D eigenvalue weighted by molar-refractivity contribution is 5.94. The number of rotatable bonds is 6. The van der Waals surface area contributed by atoms with Crippen LogP contribution < -0.4 is 0 Å². The molecular formula is C20H23N3O3. The first-order valence-corrected chi connectivity index (χ1v) is 9.01. The summed E-state index contributed by atoms with van der Waals surface area (Å²) in [6, 6.07) is 14.3. The van der Waals surface area contributed by atoms with Crippen LogP contribution in [0.1, 0.15) is 18.7 Å². The molecule has 136 valence electrons. The zero-order chi connectivity index (χ0) is 17.8. The van der Waals surface area contributed by atoms with Gasteiger partial charge in [0.05, 0.1) is 7.11 Å². The highest BCUT2D eigenvalue weighted by Crippen LogP contribution is 2.28. The third-order valence-electron chi connectivity index (χ3n) is 4.86. The molecule has 0 bridgehead atoms. The van der Waals surface area contributed by atoms with Crippen molar-refractivity contribution in [3.05, 3.63) is 48.4 Å². The van der Waals surface area contributed by atoms with Crippen LogP contribution >= 0.6 is 0 Å². The molecule has 0 amide bonds. The molecule has 0 atom stereocenters. The van der Waals surface area contributed by atoms with Crippen LogP contribution in [0.2, 0.25) is 0 Å². The van der Waals surface area contributed by atoms with Gasteiger partial charge < -0.3 is 14.0 Å². The van der Waals surface area contributed by atoms with Gasteiger partial charge >= 0.3 is 0 Å². The fraction of sp³-hybridized carbons (Fsp3) is 0.400. The predicted octanol–water partition coefficient (Wildman–Crippen LogP) is 3.68. The maximum atomic E-state index is 5.93. The summed E-state index contributed by atoms with van der Waals surface area (Å²) in [5.41, 5.74) is 0.954. The van der Waals surface area contributed by atoms with Gasteiger partial charge in [-0.1, -0.05) is 36.4 Å². The van der Waals surface area contributed by atoms with Crippen LogP contribution in [0.15, 0.2) is 46.9 Å². The van der Waals surface area contributed by atoms with Crippen LogP contribution in [-0.4, -0.2) is 42.1 Å². The van der Waals surface area contributed by atoms with Crippen molar-refractivity contribution < 1.29 is 14.0 Å². The smallest absolute Gasteiger partial charge is 0.248 e. The molecule has 4 rings (SSSR count). The van der Waals surface area contributed by atoms with E-state index in [9.17, 15) is 0 Å². The average molecular weight is 353 g/mol. The summed E-state index contributed by atoms with van der Waals surface area (Å²) in [6.45, 7) is 2.97. The minimum atomic E-state index is 0.478. The molecule has 2 heterocycles. The lowest BCUT2D eigenvalue weighted by Gasteiger charge is -2.27. The van der Waals surface area contributed by atoms with E-state index in [2.05, 4.69) is 28.4 Å². The summed E-state index contributed by atoms with van der Waals surface area (Å²) in [5.74, 6) is 1.67. The molecule has 0 radical (unpaired) electrons. The number of benzene rings is 2. The maximum Gasteiger partial charge on any atom is 0.248 e. The van der Waals surface area contributed by atoms with Crippen LogP contribution in [-0.2, 0) is 16.1 Å². The second kappa shape index (κ2) is 7.95. The molecular weight excluding hydrogens is 330 g/mol. The molecule has 1 aromatic heterocycles. The second-order valence-corrected chi connectivity index (χ2v) is 6.59. The summed E-state index contributed by atoms with van der Waals surface area (Å²) in [7, 11) is 1.68. The van der Waals surface area contributed by atoms with E-state index in [4.69, 9.17) is 14.0 Å². The van der Waals surface area contributed by atoms with Crippen molar-refractivity contribution in [1.29, 1.82) is 0 Å². The first-order valence-electron chi connectivity index (χ1n) is 9.01. The highest BCUT2D eigenvalue weighted by atomic mass is 16.7. The van der Waals surface area contributed by atoms with Gasteiger partial charge in [-0.3, -0.25) is 0 Å². The number of fused-ring (bicyclic) bond motifs is 1. The van der Waals surface area contributed by atoms with Crippen LogP contribution in [0, 0.1) is 5.92 Å². The van der Waals surface area contributed by atoms with E-state index in [0.717, 1.165) is 48.9 Å². The highest BCUT2D eigenvalue weighted by Gasteiger charge is 2.20. The SMILES string of the molecule is CON(Cc1nnc(-c2cccc3ccccc23)o1)CC1CCOCC1. The van der Waals surface area contributed by atoms with Gasteiger partial charge in [-0.15, -0.1) is 10.2 Å². The Bertz CT molecular complexity index is 853. The van der Waals surface area contributed by atoms with Crippen LogP contribution in [0.5, 0.6) is 0 Å². The number of nitrogens with zero attached hydrogens (tertiary/aromatic N) is 3. The molecule has 26 heavy (non-hydrogen) atoms. The van der Waals surface area contributed by atoms with E-state index in [1.165, 1.54) is 0 Å². The summed E-state index contributed by atoms with van der Waals surface area (Å²) in [5, 5.41) is 12.6. The van der Waals surface area contributed by atoms with Crippen molar-refractivity contribution in [3.8, 4) is 11.5 Å². The lowest BCUT2D eigenvalue weighted by atomic mass is 10.0. The molecule has 0 N–H and O–H groups in total. The van der Waals surface area contributed by atoms with Crippen molar-refractivity contribution in [2.45, 2.75) is 19.4 Å². The number of aromatic nitrogens is 2. The zero-order valence-corrected chi connectivity index (χ0v) is 14.9. The monoisotopic (exact) mass is 353 g/mol. The topological polar surface area (TPSA) is 60.6 Å². The minimum Gasteiger partial charge on any atom is -0.419 e. The van der Waals surface area contributed by atoms with Crippen molar-refractivity contribution in [2.75, 3.05) is 26.9 Å². The Morgan fingerprint density at radius 1 is 1.08 bits per heavy atom. The Morgan fingerprint density at radius 3 is 2.73 bits per heavy atom. The fourth-order valence-corrected chi connectivity index (χ4v) is 3.41. The third kappa shape index (κ3) is 3.77. The predicted molar refractivity (Wildman–Crippen MR) is 98.2 cm³/mol. The van der Waals surface area contributed by atoms with Gasteiger partial charge in [-0.05, 0) is 35.6 Å². The molecule has 1 aliphatic rings. The largest absolute Gasteiger partial charge is 0.419 e. The molecule has 6 nitrogen and oxygen atoms in total. The molecule has 0 spiro atoms. The van der Waals surface area contributed by atoms with Gasteiger partial charge in [0.1, 0.15) is 6.54 Å². The number of ether oxygens (including phenoxy) is 1. The van der Waals surface area contributed by atoms with Gasteiger partial charge in [0.25, 0.3) is 0 Å². The van der Waals surface area contributed by atoms with E-state index >= 15 is 0 Å². The van der Waals surface area contributed by atoms with Gasteiger partial charge in [-0.2, -0.15) is 5.06 Å². The van der Waals surface area contributed by atoms with E-state index in [1.54, 1.807) is 7.11 Å². The van der Waals surface area contributed by atoms with Gasteiger partial charge in [-0.25, -0.2) is 0 Å². The minimum absolute atomic E-state index is 0.478. The van der Waals surface area contributed by atoms with E-state index in [1.807, 2.05) is 29.3 Å². The van der Waals surface area contributed by atoms with Crippen LogP contribution in [0.25, 0.3) is 22.2 Å². The second-order valence-electron chi connectivity index (χ2n) is 6.59. The van der Waals surface area contributed by atoms with Crippen molar-refractivity contribution in [3.63, 3.8) is 0 Å². The summed E-state index contributed by atoms with van der Waals surface area (Å²) >= 11 is 0. The Labute approximate surface area is 152 Å². The molecule has 3 aromatic rings. The number of hydrogen-bond donors (Lipinski definition) is 0. The lowest BCUT2D eigenvalue weighted by molar-refractivity contribution is -0.156. The fourth-order valence-electron chi connectivity index (χ4n) is 3.41. The summed E-state index contributed by atoms with van der Waals surface area (Å²) in [6.07, 6.45) is 2.12. The lowest BCUT2D eigenvalue weighted by Crippen LogP contribution is -2.31. The Balaban J connectivity index is 1.50. The van der Waals surface area contributed by atoms with E-state index in [-0.39, 0.29) is 0 Å². The quantitative estimate of drug-likeness (QED) is 0.630. The number of hydrogen-bond acceptors (Lipinski definition) is 6. The molecule has 1 saturated heterocycles. The van der Waals surface area contributed by atoms with E-state index < -0.39 is 0 Å². The molecule has 6 heteroatoms. The third-order valence-corrected chi connectivity index (χ3v) is 4.86. The normalized spacial score (nSPS) is 15.8. The first kappa shape index (κ1) is 17.1. The van der Waals surface area contributed by atoms with Crippen LogP contribution in [0.3, 0.4) is 0 Å². The van der Waals surface area contributed by atoms with Crippen molar-refractivity contribution in [1.82, 2.24) is 15.3 Å². The van der Waals surface area contributed by atoms with Crippen molar-refractivity contribution >= 4 is 10.8 Å². The van der Waals surface area contributed by atoms with Crippen molar-refractivity contribution in [2.24, 2.45) is 5.92 Å². The Hall–Kier alpha value is -2.28. The Kier molecular flexibility index (Phi) is 5.24. The molecule has 0 saturated carbocycles. The summed E-state index contributed by atoms with van der Waals surface area (Å²) < 4.78 is 11.4. The molecule has 0 unspecified atom stereocenters. The average Bonchev–Trinajstić information content (AvgIpc) is 3.16. The zero-order valence-electron chi connectivity index (χ0n) is 14.9. The van der Waals surface area contributed by atoms with Gasteiger partial charge in [0.2, 0.25) is 11.8 Å². The van der Waals surface area contributed by atoms with E-state index in [0.29, 0.717) is 24.2 Å². The molecule has 2 aromatic carbocycles. The Morgan fingerprint density at radius 2 is 1.88 bits per heavy atom. The maximum absolute atomic E-state index is 5.93. The molecule has 1 fully saturated rings. The molecule has 0 aliphatic carbocycles. The van der Waals surface area contributed by atoms with Gasteiger partial charge in [0, 0.05) is 25.3 Å². The van der Waals surface area contributed by atoms with Gasteiger partial charge in [0.15, 0.2) is 0 Å². The number of hydroxylamine groups is 2.